The molecule has 3 rings (SSSR count). The Morgan fingerprint density at radius 3 is 2.72 bits per heavy atom. The number of nitrogens with zero attached hydrogens (tertiary/aromatic N) is 1. The lowest BCUT2D eigenvalue weighted by molar-refractivity contribution is -0.122. The van der Waals surface area contributed by atoms with Crippen LogP contribution in [-0.4, -0.2) is 36.5 Å². The van der Waals surface area contributed by atoms with Crippen LogP contribution in [0.1, 0.15) is 56.9 Å². The number of aryl methyl sites for hydroxylation is 1. The molecule has 138 valence electrons. The number of halogens is 1. The van der Waals surface area contributed by atoms with Crippen LogP contribution >= 0.6 is 11.6 Å². The van der Waals surface area contributed by atoms with Crippen LogP contribution in [0.2, 0.25) is 5.02 Å². The average molecular weight is 363 g/mol. The standard InChI is InChI=1S/C21H31ClN2O/c22-19-9-6-7-17(15-19)11-12-21(25)23-20-10-3-2-8-18(20)16-24-13-4-1-5-14-24/h6-7,9,15,18,20H,1-5,8,10-14,16H2,(H,23,25)/t18-,20+/m0/s1. The van der Waals surface area contributed by atoms with E-state index in [0.29, 0.717) is 18.4 Å². The molecular weight excluding hydrogens is 332 g/mol. The van der Waals surface area contributed by atoms with Gasteiger partial charge in [-0.3, -0.25) is 4.79 Å². The molecule has 0 spiro atoms. The minimum Gasteiger partial charge on any atom is -0.353 e. The number of piperidine rings is 1. The second kappa shape index (κ2) is 9.59. The fraction of sp³-hybridized carbons (Fsp3) is 0.667. The molecule has 1 heterocycles. The van der Waals surface area contributed by atoms with E-state index in [4.69, 9.17) is 11.6 Å². The Labute approximate surface area is 157 Å². The Hall–Kier alpha value is -1.06. The summed E-state index contributed by atoms with van der Waals surface area (Å²) in [5.74, 6) is 0.817. The zero-order valence-electron chi connectivity index (χ0n) is 15.2. The molecule has 25 heavy (non-hydrogen) atoms. The van der Waals surface area contributed by atoms with Gasteiger partial charge in [-0.25, -0.2) is 0 Å². The van der Waals surface area contributed by atoms with Crippen molar-refractivity contribution in [1.82, 2.24) is 10.2 Å². The van der Waals surface area contributed by atoms with E-state index in [1.165, 1.54) is 58.2 Å². The van der Waals surface area contributed by atoms with Crippen molar-refractivity contribution < 1.29 is 4.79 Å². The molecule has 1 N–H and O–H groups in total. The average Bonchev–Trinajstić information content (AvgIpc) is 2.63. The van der Waals surface area contributed by atoms with Gasteiger partial charge in [-0.1, -0.05) is 43.0 Å². The Kier molecular flexibility index (Phi) is 7.18. The Morgan fingerprint density at radius 2 is 1.92 bits per heavy atom. The summed E-state index contributed by atoms with van der Waals surface area (Å²) in [6, 6.07) is 8.18. The summed E-state index contributed by atoms with van der Waals surface area (Å²) in [6.45, 7) is 3.65. The smallest absolute Gasteiger partial charge is 0.220 e. The second-order valence-electron chi connectivity index (χ2n) is 7.71. The minimum atomic E-state index is 0.190. The summed E-state index contributed by atoms with van der Waals surface area (Å²) in [4.78, 5) is 15.1. The summed E-state index contributed by atoms with van der Waals surface area (Å²) in [6.07, 6.45) is 10.3. The van der Waals surface area contributed by atoms with E-state index in [2.05, 4.69) is 10.2 Å². The number of hydrogen-bond donors (Lipinski definition) is 1. The van der Waals surface area contributed by atoms with Crippen molar-refractivity contribution >= 4 is 17.5 Å². The predicted octanol–water partition coefficient (Wildman–Crippen LogP) is 4.43. The van der Waals surface area contributed by atoms with Crippen LogP contribution in [0, 0.1) is 5.92 Å². The van der Waals surface area contributed by atoms with Crippen molar-refractivity contribution in [2.24, 2.45) is 5.92 Å². The SMILES string of the molecule is O=C(CCc1cccc(Cl)c1)N[C@@H]1CCCC[C@H]1CN1CCCCC1. The van der Waals surface area contributed by atoms with Crippen molar-refractivity contribution in [3.63, 3.8) is 0 Å². The third-order valence-corrected chi connectivity index (χ3v) is 5.96. The van der Waals surface area contributed by atoms with Gasteiger partial charge in [0, 0.05) is 24.0 Å². The molecule has 0 unspecified atom stereocenters. The molecule has 2 aliphatic rings. The molecule has 0 bridgehead atoms. The molecule has 1 saturated carbocycles. The number of hydrogen-bond acceptors (Lipinski definition) is 2. The Morgan fingerprint density at radius 1 is 1.12 bits per heavy atom. The maximum Gasteiger partial charge on any atom is 0.220 e. The summed E-state index contributed by atoms with van der Waals surface area (Å²) in [7, 11) is 0. The van der Waals surface area contributed by atoms with Crippen LogP contribution < -0.4 is 5.32 Å². The maximum absolute atomic E-state index is 12.4. The first-order valence-electron chi connectivity index (χ1n) is 9.97. The van der Waals surface area contributed by atoms with Crippen LogP contribution in [0.3, 0.4) is 0 Å². The number of carbonyl (C=O) groups excluding carboxylic acids is 1. The van der Waals surface area contributed by atoms with E-state index in [1.54, 1.807) is 0 Å². The highest BCUT2D eigenvalue weighted by Gasteiger charge is 2.28. The van der Waals surface area contributed by atoms with Crippen molar-refractivity contribution in [2.75, 3.05) is 19.6 Å². The van der Waals surface area contributed by atoms with Gasteiger partial charge < -0.3 is 10.2 Å². The molecule has 1 aliphatic carbocycles. The van der Waals surface area contributed by atoms with E-state index >= 15 is 0 Å². The van der Waals surface area contributed by atoms with Crippen molar-refractivity contribution in [3.05, 3.63) is 34.9 Å². The molecule has 3 nitrogen and oxygen atoms in total. The first kappa shape index (κ1) is 18.7. The summed E-state index contributed by atoms with van der Waals surface area (Å²) in [5, 5.41) is 4.09. The molecule has 1 amide bonds. The molecule has 2 fully saturated rings. The largest absolute Gasteiger partial charge is 0.353 e. The molecule has 0 radical (unpaired) electrons. The van der Waals surface area contributed by atoms with Gasteiger partial charge in [0.25, 0.3) is 0 Å². The quantitative estimate of drug-likeness (QED) is 0.811. The number of rotatable bonds is 6. The molecule has 2 atom stereocenters. The van der Waals surface area contributed by atoms with Crippen LogP contribution in [-0.2, 0) is 11.2 Å². The lowest BCUT2D eigenvalue weighted by Gasteiger charge is -2.37. The zero-order valence-corrected chi connectivity index (χ0v) is 15.9. The van der Waals surface area contributed by atoms with E-state index in [1.807, 2.05) is 24.3 Å². The van der Waals surface area contributed by atoms with E-state index in [9.17, 15) is 4.79 Å². The molecule has 1 aliphatic heterocycles. The number of nitrogens with one attached hydrogen (secondary N) is 1. The van der Waals surface area contributed by atoms with Gasteiger partial charge in [-0.15, -0.1) is 0 Å². The van der Waals surface area contributed by atoms with Crippen molar-refractivity contribution in [3.8, 4) is 0 Å². The fourth-order valence-electron chi connectivity index (χ4n) is 4.32. The highest BCUT2D eigenvalue weighted by atomic mass is 35.5. The van der Waals surface area contributed by atoms with Gasteiger partial charge in [-0.05, 0) is 68.8 Å². The lowest BCUT2D eigenvalue weighted by atomic mass is 9.83. The van der Waals surface area contributed by atoms with Crippen LogP contribution in [0.15, 0.2) is 24.3 Å². The molecule has 1 aromatic carbocycles. The van der Waals surface area contributed by atoms with Gasteiger partial charge >= 0.3 is 0 Å². The van der Waals surface area contributed by atoms with Gasteiger partial charge in [0.05, 0.1) is 0 Å². The third kappa shape index (κ3) is 6.00. The fourth-order valence-corrected chi connectivity index (χ4v) is 4.53. The topological polar surface area (TPSA) is 32.3 Å². The maximum atomic E-state index is 12.4. The first-order valence-corrected chi connectivity index (χ1v) is 10.3. The van der Waals surface area contributed by atoms with Crippen molar-refractivity contribution in [2.45, 2.75) is 63.8 Å². The van der Waals surface area contributed by atoms with Crippen LogP contribution in [0.5, 0.6) is 0 Å². The Balaban J connectivity index is 1.47. The normalized spacial score (nSPS) is 24.8. The van der Waals surface area contributed by atoms with Gasteiger partial charge in [-0.2, -0.15) is 0 Å². The first-order chi connectivity index (χ1) is 12.2. The van der Waals surface area contributed by atoms with Crippen LogP contribution in [0.4, 0.5) is 0 Å². The molecule has 1 saturated heterocycles. The number of benzene rings is 1. The Bertz CT molecular complexity index is 557. The summed E-state index contributed by atoms with van der Waals surface area (Å²) < 4.78 is 0. The monoisotopic (exact) mass is 362 g/mol. The number of carbonyl (C=O) groups is 1. The molecular formula is C21H31ClN2O. The lowest BCUT2D eigenvalue weighted by Crippen LogP contribution is -2.47. The van der Waals surface area contributed by atoms with E-state index in [-0.39, 0.29) is 5.91 Å². The van der Waals surface area contributed by atoms with Crippen molar-refractivity contribution in [1.29, 1.82) is 0 Å². The highest BCUT2D eigenvalue weighted by Crippen LogP contribution is 2.26. The zero-order chi connectivity index (χ0) is 17.5. The van der Waals surface area contributed by atoms with E-state index in [0.717, 1.165) is 23.4 Å². The van der Waals surface area contributed by atoms with E-state index < -0.39 is 0 Å². The van der Waals surface area contributed by atoms with Crippen LogP contribution in [0.25, 0.3) is 0 Å². The second-order valence-corrected chi connectivity index (χ2v) is 8.15. The molecule has 4 heteroatoms. The van der Waals surface area contributed by atoms with Gasteiger partial charge in [0.15, 0.2) is 0 Å². The highest BCUT2D eigenvalue weighted by molar-refractivity contribution is 6.30. The number of amides is 1. The third-order valence-electron chi connectivity index (χ3n) is 5.73. The van der Waals surface area contributed by atoms with Gasteiger partial charge in [0.2, 0.25) is 5.91 Å². The predicted molar refractivity (Wildman–Crippen MR) is 104 cm³/mol. The summed E-state index contributed by atoms with van der Waals surface area (Å²) >= 11 is 6.02. The minimum absolute atomic E-state index is 0.190. The summed E-state index contributed by atoms with van der Waals surface area (Å²) in [5.41, 5.74) is 1.14. The van der Waals surface area contributed by atoms with Gasteiger partial charge in [0.1, 0.15) is 0 Å². The molecule has 0 aromatic heterocycles. The molecule has 1 aromatic rings. The number of likely N-dealkylation sites (tertiary alicyclic amines) is 1.